The quantitative estimate of drug-likeness (QED) is 0.110. The summed E-state index contributed by atoms with van der Waals surface area (Å²) in [6, 6.07) is 15.7. The highest BCUT2D eigenvalue weighted by Gasteiger charge is 2.03. The fourth-order valence-electron chi connectivity index (χ4n) is 4.62. The Morgan fingerprint density at radius 2 is 1.03 bits per heavy atom. The van der Waals surface area contributed by atoms with Gasteiger partial charge in [0.15, 0.2) is 0 Å². The van der Waals surface area contributed by atoms with Gasteiger partial charge >= 0.3 is 0 Å². The Bertz CT molecular complexity index is 787. The van der Waals surface area contributed by atoms with Crippen LogP contribution < -0.4 is 5.32 Å². The van der Waals surface area contributed by atoms with Crippen molar-refractivity contribution in [2.45, 2.75) is 116 Å². The van der Waals surface area contributed by atoms with Crippen LogP contribution in [0.25, 0.3) is 0 Å². The third-order valence-corrected chi connectivity index (χ3v) is 6.92. The number of nitro benzene ring substituents is 1. The molecule has 194 valence electrons. The Morgan fingerprint density at radius 3 is 1.49 bits per heavy atom. The molecule has 2 rings (SSSR count). The number of rotatable bonds is 21. The van der Waals surface area contributed by atoms with Gasteiger partial charge < -0.3 is 5.32 Å². The van der Waals surface area contributed by atoms with E-state index in [0.29, 0.717) is 0 Å². The second-order valence-corrected chi connectivity index (χ2v) is 10.1. The second kappa shape index (κ2) is 18.9. The number of aryl methyl sites for hydroxylation is 2. The molecular weight excluding hydrogens is 432 g/mol. The molecular formula is C31H48N2O2. The van der Waals surface area contributed by atoms with Gasteiger partial charge in [0.05, 0.1) is 4.92 Å². The van der Waals surface area contributed by atoms with Crippen LogP contribution in [-0.2, 0) is 6.42 Å². The Kier molecular flexibility index (Phi) is 15.6. The minimum atomic E-state index is -0.334. The number of anilines is 1. The fourth-order valence-corrected chi connectivity index (χ4v) is 4.62. The van der Waals surface area contributed by atoms with Crippen molar-refractivity contribution >= 4 is 11.4 Å². The summed E-state index contributed by atoms with van der Waals surface area (Å²) in [4.78, 5) is 10.4. The van der Waals surface area contributed by atoms with E-state index < -0.39 is 0 Å². The highest BCUT2D eigenvalue weighted by atomic mass is 16.6. The van der Waals surface area contributed by atoms with Gasteiger partial charge in [0.2, 0.25) is 0 Å². The molecule has 35 heavy (non-hydrogen) atoms. The average molecular weight is 481 g/mol. The van der Waals surface area contributed by atoms with E-state index in [1.165, 1.54) is 120 Å². The summed E-state index contributed by atoms with van der Waals surface area (Å²) in [6.45, 7) is 3.22. The van der Waals surface area contributed by atoms with Gasteiger partial charge in [-0.05, 0) is 43.9 Å². The van der Waals surface area contributed by atoms with E-state index in [2.05, 4.69) is 36.5 Å². The minimum Gasteiger partial charge on any atom is -0.385 e. The number of unbranched alkanes of at least 4 members (excludes halogenated alkanes) is 15. The summed E-state index contributed by atoms with van der Waals surface area (Å²) in [7, 11) is 0. The van der Waals surface area contributed by atoms with Crippen LogP contribution in [-0.4, -0.2) is 11.5 Å². The van der Waals surface area contributed by atoms with E-state index in [1.807, 2.05) is 12.1 Å². The van der Waals surface area contributed by atoms with E-state index in [4.69, 9.17) is 0 Å². The molecule has 2 aromatic rings. The van der Waals surface area contributed by atoms with Crippen molar-refractivity contribution in [1.82, 2.24) is 0 Å². The van der Waals surface area contributed by atoms with Gasteiger partial charge in [-0.1, -0.05) is 120 Å². The molecule has 0 bridgehead atoms. The van der Waals surface area contributed by atoms with E-state index in [9.17, 15) is 10.1 Å². The lowest BCUT2D eigenvalue weighted by Gasteiger charge is -2.07. The third kappa shape index (κ3) is 14.6. The smallest absolute Gasteiger partial charge is 0.269 e. The van der Waals surface area contributed by atoms with Crippen molar-refractivity contribution in [1.29, 1.82) is 0 Å². The van der Waals surface area contributed by atoms with E-state index in [0.717, 1.165) is 13.0 Å². The van der Waals surface area contributed by atoms with Crippen LogP contribution >= 0.6 is 0 Å². The molecule has 4 heteroatoms. The largest absolute Gasteiger partial charge is 0.385 e. The Morgan fingerprint density at radius 1 is 0.600 bits per heavy atom. The van der Waals surface area contributed by atoms with Crippen molar-refractivity contribution in [3.63, 3.8) is 0 Å². The number of benzene rings is 2. The first-order valence-corrected chi connectivity index (χ1v) is 14.2. The van der Waals surface area contributed by atoms with Crippen LogP contribution in [0.15, 0.2) is 48.5 Å². The number of hydrogen-bond donors (Lipinski definition) is 1. The molecule has 0 saturated heterocycles. The maximum Gasteiger partial charge on any atom is 0.269 e. The van der Waals surface area contributed by atoms with Crippen LogP contribution in [0, 0.1) is 17.0 Å². The monoisotopic (exact) mass is 480 g/mol. The van der Waals surface area contributed by atoms with Gasteiger partial charge in [-0.25, -0.2) is 0 Å². The summed E-state index contributed by atoms with van der Waals surface area (Å²) in [6.07, 6.45) is 22.7. The maximum atomic E-state index is 10.7. The molecule has 0 heterocycles. The summed E-state index contributed by atoms with van der Waals surface area (Å²) in [5.41, 5.74) is 3.95. The Balaban J connectivity index is 1.25. The molecule has 0 saturated carbocycles. The SMILES string of the molecule is Cc1ccc(NCCCCCCCCCCCCCCCCCCc2ccc([N+](=O)[O-])cc2)cc1. The molecule has 0 aliphatic carbocycles. The molecule has 0 unspecified atom stereocenters. The van der Waals surface area contributed by atoms with Crippen LogP contribution in [0.5, 0.6) is 0 Å². The Hall–Kier alpha value is -2.36. The van der Waals surface area contributed by atoms with Gasteiger partial charge in [-0.2, -0.15) is 0 Å². The predicted octanol–water partition coefficient (Wildman–Crippen LogP) is 9.80. The first-order chi connectivity index (χ1) is 17.1. The van der Waals surface area contributed by atoms with Crippen LogP contribution in [0.2, 0.25) is 0 Å². The van der Waals surface area contributed by atoms with Gasteiger partial charge in [0.1, 0.15) is 0 Å². The molecule has 0 radical (unpaired) electrons. The highest BCUT2D eigenvalue weighted by molar-refractivity contribution is 5.44. The number of nitrogens with one attached hydrogen (secondary N) is 1. The van der Waals surface area contributed by atoms with Crippen molar-refractivity contribution in [3.05, 3.63) is 69.8 Å². The van der Waals surface area contributed by atoms with E-state index in [-0.39, 0.29) is 10.6 Å². The molecule has 1 N–H and O–H groups in total. The van der Waals surface area contributed by atoms with Crippen molar-refractivity contribution in [3.8, 4) is 0 Å². The lowest BCUT2D eigenvalue weighted by Crippen LogP contribution is -2.01. The summed E-state index contributed by atoms with van der Waals surface area (Å²) >= 11 is 0. The third-order valence-electron chi connectivity index (χ3n) is 6.92. The number of nitro groups is 1. The van der Waals surface area contributed by atoms with E-state index in [1.54, 1.807) is 12.1 Å². The average Bonchev–Trinajstić information content (AvgIpc) is 2.86. The molecule has 2 aromatic carbocycles. The molecule has 0 amide bonds. The highest BCUT2D eigenvalue weighted by Crippen LogP contribution is 2.16. The zero-order valence-electron chi connectivity index (χ0n) is 22.1. The zero-order chi connectivity index (χ0) is 25.0. The molecule has 0 fully saturated rings. The van der Waals surface area contributed by atoms with Gasteiger partial charge in [0, 0.05) is 24.4 Å². The first kappa shape index (κ1) is 28.9. The minimum absolute atomic E-state index is 0.183. The fraction of sp³-hybridized carbons (Fsp3) is 0.613. The lowest BCUT2D eigenvalue weighted by atomic mass is 10.0. The van der Waals surface area contributed by atoms with Crippen molar-refractivity contribution in [2.24, 2.45) is 0 Å². The summed E-state index contributed by atoms with van der Waals surface area (Å²) in [5, 5.41) is 14.2. The van der Waals surface area contributed by atoms with Gasteiger partial charge in [-0.15, -0.1) is 0 Å². The molecule has 0 aliphatic rings. The predicted molar refractivity (Wildman–Crippen MR) is 150 cm³/mol. The van der Waals surface area contributed by atoms with Crippen molar-refractivity contribution < 1.29 is 4.92 Å². The second-order valence-electron chi connectivity index (χ2n) is 10.1. The molecule has 0 atom stereocenters. The maximum absolute atomic E-state index is 10.7. The molecule has 0 aromatic heterocycles. The summed E-state index contributed by atoms with van der Waals surface area (Å²) in [5.74, 6) is 0. The van der Waals surface area contributed by atoms with Gasteiger partial charge in [-0.3, -0.25) is 10.1 Å². The topological polar surface area (TPSA) is 55.2 Å². The molecule has 4 nitrogen and oxygen atoms in total. The van der Waals surface area contributed by atoms with Crippen molar-refractivity contribution in [2.75, 3.05) is 11.9 Å². The van der Waals surface area contributed by atoms with Gasteiger partial charge in [0.25, 0.3) is 5.69 Å². The Labute approximate surface area is 214 Å². The number of hydrogen-bond acceptors (Lipinski definition) is 3. The standard InChI is InChI=1S/C31H48N2O2/c1-28-19-23-30(24-20-28)32-27-17-15-13-11-9-7-5-3-2-4-6-8-10-12-14-16-18-29-21-25-31(26-22-29)33(34)35/h19-26,32H,2-18,27H2,1H3. The zero-order valence-corrected chi connectivity index (χ0v) is 22.1. The normalized spacial score (nSPS) is 11.0. The van der Waals surface area contributed by atoms with Crippen LogP contribution in [0.1, 0.15) is 114 Å². The number of nitrogens with zero attached hydrogens (tertiary/aromatic N) is 1. The lowest BCUT2D eigenvalue weighted by molar-refractivity contribution is -0.384. The molecule has 0 spiro atoms. The van der Waals surface area contributed by atoms with Crippen LogP contribution in [0.4, 0.5) is 11.4 Å². The first-order valence-electron chi connectivity index (χ1n) is 14.2. The van der Waals surface area contributed by atoms with E-state index >= 15 is 0 Å². The number of non-ortho nitro benzene ring substituents is 1. The summed E-state index contributed by atoms with van der Waals surface area (Å²) < 4.78 is 0. The molecule has 0 aliphatic heterocycles. The van der Waals surface area contributed by atoms with Crippen LogP contribution in [0.3, 0.4) is 0 Å².